The zero-order valence-corrected chi connectivity index (χ0v) is 17.0. The molecule has 4 aromatic heterocycles. The Balaban J connectivity index is 1.57. The number of aryl methyl sites for hydroxylation is 3. The third-order valence-corrected chi connectivity index (χ3v) is 5.75. The predicted molar refractivity (Wildman–Crippen MR) is 104 cm³/mol. The topological polar surface area (TPSA) is 101 Å². The molecule has 0 aliphatic rings. The van der Waals surface area contributed by atoms with E-state index in [2.05, 4.69) is 31.1 Å². The molecule has 0 N–H and O–H groups in total. The molecule has 4 aromatic rings. The van der Waals surface area contributed by atoms with Gasteiger partial charge in [0, 0.05) is 27.1 Å². The molecule has 0 amide bonds. The van der Waals surface area contributed by atoms with Crippen LogP contribution in [0.25, 0.3) is 21.9 Å². The molecule has 0 aliphatic carbocycles. The highest BCUT2D eigenvalue weighted by Crippen LogP contribution is 2.22. The maximum Gasteiger partial charge on any atom is 0.332 e. The fraction of sp³-hybridized carbons (Fsp3) is 0.312. The normalized spacial score (nSPS) is 11.5. The molecule has 0 atom stereocenters. The number of nitrogens with zero attached hydrogens (tertiary/aromatic N) is 6. The molecule has 0 saturated carbocycles. The molecule has 0 bridgehead atoms. The quantitative estimate of drug-likeness (QED) is 0.430. The molecule has 11 heteroatoms. The highest BCUT2D eigenvalue weighted by Gasteiger charge is 2.18. The van der Waals surface area contributed by atoms with Crippen LogP contribution < -0.4 is 11.2 Å². The third kappa shape index (κ3) is 3.06. The zero-order chi connectivity index (χ0) is 19.1. The number of rotatable bonds is 5. The number of imidazole rings is 1. The fourth-order valence-corrected chi connectivity index (χ4v) is 4.08. The van der Waals surface area contributed by atoms with Gasteiger partial charge in [0.25, 0.3) is 5.56 Å². The number of fused-ring (bicyclic) bond motifs is 1. The zero-order valence-electron chi connectivity index (χ0n) is 14.5. The standard InChI is InChI=1S/C16H15BrN6O3S/c1-21-13-11(14(24)22(2)16(21)25)19-15(17)23(13)7-3-6-10-18-12(20-26-10)9-5-4-8-27-9/h4-5,8H,3,6-7H2,1-2H3. The molecule has 0 spiro atoms. The molecule has 140 valence electrons. The number of halogens is 1. The van der Waals surface area contributed by atoms with Gasteiger partial charge < -0.3 is 9.09 Å². The molecule has 0 saturated heterocycles. The maximum atomic E-state index is 12.3. The van der Waals surface area contributed by atoms with Crippen molar-refractivity contribution in [2.75, 3.05) is 0 Å². The molecule has 27 heavy (non-hydrogen) atoms. The first-order valence-electron chi connectivity index (χ1n) is 8.15. The Morgan fingerprint density at radius 1 is 1.22 bits per heavy atom. The number of thiophene rings is 1. The van der Waals surface area contributed by atoms with Crippen LogP contribution in [0.4, 0.5) is 0 Å². The average molecular weight is 451 g/mol. The van der Waals surface area contributed by atoms with Gasteiger partial charge in [-0.05, 0) is 33.8 Å². The molecule has 0 fully saturated rings. The summed E-state index contributed by atoms with van der Waals surface area (Å²) in [5, 5.41) is 5.96. The average Bonchev–Trinajstić information content (AvgIpc) is 3.38. The Kier molecular flexibility index (Phi) is 4.56. The summed E-state index contributed by atoms with van der Waals surface area (Å²) in [5.74, 6) is 1.13. The van der Waals surface area contributed by atoms with E-state index in [4.69, 9.17) is 4.52 Å². The molecular weight excluding hydrogens is 436 g/mol. The lowest BCUT2D eigenvalue weighted by Crippen LogP contribution is -2.37. The van der Waals surface area contributed by atoms with E-state index in [0.29, 0.717) is 41.5 Å². The van der Waals surface area contributed by atoms with Crippen LogP contribution in [0.3, 0.4) is 0 Å². The van der Waals surface area contributed by atoms with Crippen molar-refractivity contribution in [1.82, 2.24) is 28.8 Å². The van der Waals surface area contributed by atoms with E-state index >= 15 is 0 Å². The first-order chi connectivity index (χ1) is 13.0. The van der Waals surface area contributed by atoms with E-state index in [9.17, 15) is 9.59 Å². The second-order valence-electron chi connectivity index (χ2n) is 6.00. The van der Waals surface area contributed by atoms with Gasteiger partial charge in [0.05, 0.1) is 4.88 Å². The third-order valence-electron chi connectivity index (χ3n) is 4.28. The first-order valence-corrected chi connectivity index (χ1v) is 9.83. The van der Waals surface area contributed by atoms with Crippen molar-refractivity contribution in [1.29, 1.82) is 0 Å². The smallest absolute Gasteiger partial charge is 0.332 e. The van der Waals surface area contributed by atoms with E-state index in [0.717, 1.165) is 9.44 Å². The van der Waals surface area contributed by atoms with Gasteiger partial charge in [0.2, 0.25) is 11.7 Å². The fourth-order valence-electron chi connectivity index (χ4n) is 2.91. The van der Waals surface area contributed by atoms with Crippen LogP contribution in [-0.4, -0.2) is 28.8 Å². The summed E-state index contributed by atoms with van der Waals surface area (Å²) in [5.41, 5.74) is -0.0623. The molecule has 0 radical (unpaired) electrons. The summed E-state index contributed by atoms with van der Waals surface area (Å²) in [7, 11) is 3.07. The lowest BCUT2D eigenvalue weighted by Gasteiger charge is -2.08. The Bertz CT molecular complexity index is 1230. The van der Waals surface area contributed by atoms with E-state index in [1.54, 1.807) is 23.0 Å². The molecular formula is C16H15BrN6O3S. The van der Waals surface area contributed by atoms with Gasteiger partial charge >= 0.3 is 5.69 Å². The SMILES string of the molecule is Cn1c(=O)c2nc(Br)n(CCCc3nc(-c4cccs4)no3)c2n(C)c1=O. The van der Waals surface area contributed by atoms with Crippen LogP contribution >= 0.6 is 27.3 Å². The lowest BCUT2D eigenvalue weighted by atomic mass is 10.3. The Morgan fingerprint density at radius 3 is 2.78 bits per heavy atom. The second-order valence-corrected chi connectivity index (χ2v) is 7.66. The van der Waals surface area contributed by atoms with Crippen molar-refractivity contribution in [3.63, 3.8) is 0 Å². The van der Waals surface area contributed by atoms with E-state index < -0.39 is 11.2 Å². The minimum Gasteiger partial charge on any atom is -0.339 e. The van der Waals surface area contributed by atoms with Crippen molar-refractivity contribution in [3.8, 4) is 10.7 Å². The summed E-state index contributed by atoms with van der Waals surface area (Å²) in [4.78, 5) is 34.1. The number of aromatic nitrogens is 6. The van der Waals surface area contributed by atoms with E-state index in [1.165, 1.54) is 11.6 Å². The summed E-state index contributed by atoms with van der Waals surface area (Å²) in [6.45, 7) is 0.536. The highest BCUT2D eigenvalue weighted by molar-refractivity contribution is 9.10. The van der Waals surface area contributed by atoms with E-state index in [-0.39, 0.29) is 5.52 Å². The van der Waals surface area contributed by atoms with Crippen LogP contribution in [0.15, 0.2) is 36.4 Å². The molecule has 0 aliphatic heterocycles. The van der Waals surface area contributed by atoms with Crippen LogP contribution in [0.1, 0.15) is 12.3 Å². The number of hydrogen-bond donors (Lipinski definition) is 0. The minimum atomic E-state index is -0.412. The largest absolute Gasteiger partial charge is 0.339 e. The van der Waals surface area contributed by atoms with Gasteiger partial charge in [-0.3, -0.25) is 13.9 Å². The van der Waals surface area contributed by atoms with Crippen LogP contribution in [-0.2, 0) is 27.1 Å². The highest BCUT2D eigenvalue weighted by atomic mass is 79.9. The van der Waals surface area contributed by atoms with Crippen molar-refractivity contribution in [3.05, 3.63) is 49.0 Å². The second kappa shape index (κ2) is 6.89. The molecule has 9 nitrogen and oxygen atoms in total. The lowest BCUT2D eigenvalue weighted by molar-refractivity contribution is 0.373. The van der Waals surface area contributed by atoms with Crippen molar-refractivity contribution in [2.45, 2.75) is 19.4 Å². The van der Waals surface area contributed by atoms with Crippen LogP contribution in [0.2, 0.25) is 0 Å². The van der Waals surface area contributed by atoms with E-state index in [1.807, 2.05) is 17.5 Å². The van der Waals surface area contributed by atoms with Crippen molar-refractivity contribution < 1.29 is 4.52 Å². The molecule has 4 heterocycles. The van der Waals surface area contributed by atoms with Crippen molar-refractivity contribution in [2.24, 2.45) is 14.1 Å². The van der Waals surface area contributed by atoms with Crippen molar-refractivity contribution >= 4 is 38.4 Å². The van der Waals surface area contributed by atoms with Gasteiger partial charge in [-0.1, -0.05) is 11.2 Å². The van der Waals surface area contributed by atoms with Gasteiger partial charge in [0.1, 0.15) is 0 Å². The Morgan fingerprint density at radius 2 is 2.04 bits per heavy atom. The van der Waals surface area contributed by atoms with Gasteiger partial charge in [0.15, 0.2) is 15.9 Å². The summed E-state index contributed by atoms with van der Waals surface area (Å²) < 4.78 is 10.1. The Labute approximate surface area is 165 Å². The summed E-state index contributed by atoms with van der Waals surface area (Å²) in [6.07, 6.45) is 1.25. The van der Waals surface area contributed by atoms with Gasteiger partial charge in [-0.2, -0.15) is 4.98 Å². The van der Waals surface area contributed by atoms with Gasteiger partial charge in [-0.15, -0.1) is 11.3 Å². The predicted octanol–water partition coefficient (Wildman–Crippen LogP) is 1.94. The molecule has 4 rings (SSSR count). The Hall–Kier alpha value is -2.53. The van der Waals surface area contributed by atoms with Crippen LogP contribution in [0, 0.1) is 0 Å². The first kappa shape index (κ1) is 17.9. The number of hydrogen-bond acceptors (Lipinski definition) is 7. The van der Waals surface area contributed by atoms with Gasteiger partial charge in [-0.25, -0.2) is 9.78 Å². The summed E-state index contributed by atoms with van der Waals surface area (Å²) in [6, 6.07) is 3.88. The maximum absolute atomic E-state index is 12.3. The minimum absolute atomic E-state index is 0.254. The summed E-state index contributed by atoms with van der Waals surface area (Å²) >= 11 is 4.93. The molecule has 0 aromatic carbocycles. The molecule has 0 unspecified atom stereocenters. The monoisotopic (exact) mass is 450 g/mol. The van der Waals surface area contributed by atoms with Crippen LogP contribution in [0.5, 0.6) is 0 Å².